The molecule has 0 heterocycles. The smallest absolute Gasteiger partial charge is 0.200 e. The highest BCUT2D eigenvalue weighted by Gasteiger charge is 2.18. The maximum absolute atomic E-state index is 13.6. The number of hydrogen-bond donors (Lipinski definition) is 1. The molecule has 2 aromatic carbocycles. The second kappa shape index (κ2) is 5.75. The van der Waals surface area contributed by atoms with E-state index in [4.69, 9.17) is 10.5 Å². The number of halogens is 3. The largest absolute Gasteiger partial charge is 0.481 e. The van der Waals surface area contributed by atoms with Gasteiger partial charge in [0.25, 0.3) is 0 Å². The van der Waals surface area contributed by atoms with Gasteiger partial charge < -0.3 is 10.5 Å². The first kappa shape index (κ1) is 13.4. The van der Waals surface area contributed by atoms with Gasteiger partial charge in [0, 0.05) is 12.1 Å². The molecule has 0 aliphatic rings. The lowest BCUT2D eigenvalue weighted by molar-refractivity contribution is 0.197. The van der Waals surface area contributed by atoms with E-state index in [2.05, 4.69) is 0 Å². The van der Waals surface area contributed by atoms with E-state index in [1.807, 2.05) is 0 Å². The minimum Gasteiger partial charge on any atom is -0.481 e. The van der Waals surface area contributed by atoms with Crippen LogP contribution in [0.1, 0.15) is 11.7 Å². The molecule has 5 heteroatoms. The summed E-state index contributed by atoms with van der Waals surface area (Å²) in [6.45, 7) is -0.0586. The van der Waals surface area contributed by atoms with E-state index in [1.54, 1.807) is 6.07 Å². The van der Waals surface area contributed by atoms with Crippen LogP contribution in [-0.4, -0.2) is 6.54 Å². The molecule has 2 N–H and O–H groups in total. The summed E-state index contributed by atoms with van der Waals surface area (Å²) < 4.78 is 45.4. The van der Waals surface area contributed by atoms with Crippen LogP contribution in [0.4, 0.5) is 13.2 Å². The second-order valence-electron chi connectivity index (χ2n) is 3.92. The Morgan fingerprint density at radius 1 is 0.947 bits per heavy atom. The fourth-order valence-corrected chi connectivity index (χ4v) is 1.70. The zero-order chi connectivity index (χ0) is 13.8. The molecule has 0 aliphatic carbocycles. The van der Waals surface area contributed by atoms with Crippen molar-refractivity contribution in [3.63, 3.8) is 0 Å². The number of benzene rings is 2. The van der Waals surface area contributed by atoms with Crippen molar-refractivity contribution < 1.29 is 17.9 Å². The summed E-state index contributed by atoms with van der Waals surface area (Å²) in [5.41, 5.74) is 5.70. The minimum atomic E-state index is -1.11. The molecular weight excluding hydrogens is 255 g/mol. The minimum absolute atomic E-state index is 0.0586. The molecule has 2 nitrogen and oxygen atoms in total. The molecule has 0 aromatic heterocycles. The van der Waals surface area contributed by atoms with Crippen molar-refractivity contribution in [2.24, 2.45) is 5.73 Å². The Kier molecular flexibility index (Phi) is 4.06. The van der Waals surface area contributed by atoms with Crippen molar-refractivity contribution in [2.75, 3.05) is 6.54 Å². The first-order chi connectivity index (χ1) is 9.13. The van der Waals surface area contributed by atoms with Crippen LogP contribution in [-0.2, 0) is 0 Å². The predicted octanol–water partition coefficient (Wildman–Crippen LogP) is 3.18. The Hall–Kier alpha value is -2.01. The summed E-state index contributed by atoms with van der Waals surface area (Å²) in [4.78, 5) is 0. The molecule has 0 amide bonds. The third-order valence-electron chi connectivity index (χ3n) is 2.65. The molecule has 19 heavy (non-hydrogen) atoms. The third kappa shape index (κ3) is 2.88. The molecule has 2 aromatic rings. The Labute approximate surface area is 108 Å². The summed E-state index contributed by atoms with van der Waals surface area (Å²) in [6, 6.07) is 9.43. The van der Waals surface area contributed by atoms with Gasteiger partial charge in [0.2, 0.25) is 5.82 Å². The topological polar surface area (TPSA) is 35.2 Å². The molecule has 0 bridgehead atoms. The van der Waals surface area contributed by atoms with Crippen molar-refractivity contribution >= 4 is 0 Å². The zero-order valence-corrected chi connectivity index (χ0v) is 9.95. The Morgan fingerprint density at radius 2 is 1.63 bits per heavy atom. The first-order valence-electron chi connectivity index (χ1n) is 5.68. The van der Waals surface area contributed by atoms with Crippen LogP contribution < -0.4 is 10.5 Å². The monoisotopic (exact) mass is 267 g/mol. The van der Waals surface area contributed by atoms with Crippen molar-refractivity contribution in [1.29, 1.82) is 0 Å². The summed E-state index contributed by atoms with van der Waals surface area (Å²) in [6.07, 6.45) is -0.877. The van der Waals surface area contributed by atoms with Gasteiger partial charge in [-0.25, -0.2) is 8.78 Å². The van der Waals surface area contributed by atoms with Crippen molar-refractivity contribution in [3.05, 3.63) is 65.5 Å². The quantitative estimate of drug-likeness (QED) is 0.923. The molecule has 0 spiro atoms. The first-order valence-corrected chi connectivity index (χ1v) is 5.68. The lowest BCUT2D eigenvalue weighted by Crippen LogP contribution is -2.20. The second-order valence-corrected chi connectivity index (χ2v) is 3.92. The summed E-state index contributed by atoms with van der Waals surface area (Å²) >= 11 is 0. The van der Waals surface area contributed by atoms with Gasteiger partial charge >= 0.3 is 0 Å². The van der Waals surface area contributed by atoms with E-state index in [0.717, 1.165) is 6.07 Å². The molecule has 100 valence electrons. The van der Waals surface area contributed by atoms with Crippen molar-refractivity contribution in [2.45, 2.75) is 6.10 Å². The van der Waals surface area contributed by atoms with Crippen molar-refractivity contribution in [1.82, 2.24) is 0 Å². The van der Waals surface area contributed by atoms with Gasteiger partial charge in [0.15, 0.2) is 11.6 Å². The highest BCUT2D eigenvalue weighted by molar-refractivity contribution is 5.28. The molecule has 0 aliphatic heterocycles. The van der Waals surface area contributed by atoms with E-state index in [-0.39, 0.29) is 17.9 Å². The predicted molar refractivity (Wildman–Crippen MR) is 65.2 cm³/mol. The van der Waals surface area contributed by atoms with Gasteiger partial charge in [-0.2, -0.15) is 4.39 Å². The molecule has 1 unspecified atom stereocenters. The van der Waals surface area contributed by atoms with Gasteiger partial charge in [-0.05, 0) is 18.2 Å². The van der Waals surface area contributed by atoms with Crippen LogP contribution in [0.3, 0.4) is 0 Å². The van der Waals surface area contributed by atoms with E-state index in [9.17, 15) is 13.2 Å². The lowest BCUT2D eigenvalue weighted by Gasteiger charge is -2.18. The Morgan fingerprint density at radius 3 is 2.32 bits per heavy atom. The SMILES string of the molecule is NCC(Oc1cccc(F)c1F)c1ccccc1F. The maximum atomic E-state index is 13.6. The maximum Gasteiger partial charge on any atom is 0.200 e. The van der Waals surface area contributed by atoms with Crippen LogP contribution in [0.25, 0.3) is 0 Å². The summed E-state index contributed by atoms with van der Waals surface area (Å²) in [5.74, 6) is -2.94. The van der Waals surface area contributed by atoms with E-state index >= 15 is 0 Å². The number of hydrogen-bond acceptors (Lipinski definition) is 2. The molecule has 0 fully saturated rings. The fourth-order valence-electron chi connectivity index (χ4n) is 1.70. The van der Waals surface area contributed by atoms with Crippen molar-refractivity contribution in [3.8, 4) is 5.75 Å². The summed E-state index contributed by atoms with van der Waals surface area (Å²) in [7, 11) is 0. The highest BCUT2D eigenvalue weighted by atomic mass is 19.2. The molecule has 0 radical (unpaired) electrons. The molecule has 2 rings (SSSR count). The third-order valence-corrected chi connectivity index (χ3v) is 2.65. The van der Waals surface area contributed by atoms with Gasteiger partial charge in [0.1, 0.15) is 11.9 Å². The van der Waals surface area contributed by atoms with Crippen LogP contribution in [0, 0.1) is 17.5 Å². The zero-order valence-electron chi connectivity index (χ0n) is 9.95. The van der Waals surface area contributed by atoms with Gasteiger partial charge in [0.05, 0.1) is 0 Å². The molecule has 0 saturated carbocycles. The van der Waals surface area contributed by atoms with E-state index in [0.29, 0.717) is 0 Å². The average Bonchev–Trinajstić information content (AvgIpc) is 2.41. The number of nitrogens with two attached hydrogens (primary N) is 1. The lowest BCUT2D eigenvalue weighted by atomic mass is 10.1. The number of ether oxygens (including phenoxy) is 1. The molecular formula is C14H12F3NO. The van der Waals surface area contributed by atoms with Gasteiger partial charge in [-0.15, -0.1) is 0 Å². The van der Waals surface area contributed by atoms with Gasteiger partial charge in [-0.1, -0.05) is 24.3 Å². The van der Waals surface area contributed by atoms with Gasteiger partial charge in [-0.3, -0.25) is 0 Å². The fraction of sp³-hybridized carbons (Fsp3) is 0.143. The van der Waals surface area contributed by atoms with Crippen LogP contribution in [0.15, 0.2) is 42.5 Å². The number of rotatable bonds is 4. The van der Waals surface area contributed by atoms with Crippen LogP contribution in [0.2, 0.25) is 0 Å². The van der Waals surface area contributed by atoms with Crippen LogP contribution in [0.5, 0.6) is 5.75 Å². The normalized spacial score (nSPS) is 12.2. The average molecular weight is 267 g/mol. The van der Waals surface area contributed by atoms with Crippen LogP contribution >= 0.6 is 0 Å². The standard InChI is InChI=1S/C14H12F3NO/c15-10-5-2-1-4-9(10)13(8-18)19-12-7-3-6-11(16)14(12)17/h1-7,13H,8,18H2. The highest BCUT2D eigenvalue weighted by Crippen LogP contribution is 2.26. The Bertz CT molecular complexity index is 574. The summed E-state index contributed by atoms with van der Waals surface area (Å²) in [5, 5.41) is 0. The molecule has 0 saturated heterocycles. The Balaban J connectivity index is 2.30. The van der Waals surface area contributed by atoms with E-state index in [1.165, 1.54) is 30.3 Å². The molecule has 1 atom stereocenters. The van der Waals surface area contributed by atoms with E-state index < -0.39 is 23.6 Å².